The lowest BCUT2D eigenvalue weighted by atomic mass is 10.1. The van der Waals surface area contributed by atoms with Gasteiger partial charge in [0.2, 0.25) is 0 Å². The van der Waals surface area contributed by atoms with Crippen LogP contribution in [0.25, 0.3) is 0 Å². The number of allylic oxidation sites excluding steroid dienone is 12. The van der Waals surface area contributed by atoms with Gasteiger partial charge in [-0.3, -0.25) is 4.79 Å². The van der Waals surface area contributed by atoms with Crippen molar-refractivity contribution in [1.82, 2.24) is 0 Å². The molecule has 1 unspecified atom stereocenters. The molecule has 0 aliphatic carbocycles. The third-order valence-corrected chi connectivity index (χ3v) is 8.02. The molecular formula is C43H74O4. The molecular weight excluding hydrogens is 580 g/mol. The zero-order chi connectivity index (χ0) is 34.1. The van der Waals surface area contributed by atoms with Gasteiger partial charge in [0, 0.05) is 13.0 Å². The highest BCUT2D eigenvalue weighted by molar-refractivity contribution is 5.69. The molecule has 1 N–H and O–H groups in total. The summed E-state index contributed by atoms with van der Waals surface area (Å²) < 4.78 is 11.1. The molecule has 0 aromatic heterocycles. The molecule has 0 fully saturated rings. The van der Waals surface area contributed by atoms with Crippen molar-refractivity contribution in [3.63, 3.8) is 0 Å². The summed E-state index contributed by atoms with van der Waals surface area (Å²) in [5.41, 5.74) is 0. The maximum Gasteiger partial charge on any atom is 0.306 e. The number of carbonyl (C=O) groups is 1. The van der Waals surface area contributed by atoms with Gasteiger partial charge in [-0.1, -0.05) is 151 Å². The standard InChI is InChI=1S/C43H74O4/c1-3-5-7-9-11-13-15-17-19-21-22-23-24-26-28-30-32-34-36-38-43(45)47-42(40-44)41-46-39-37-35-33-31-29-27-25-20-18-16-14-12-10-8-6-4-2/h6,8,11-14,17-20,27,29,42,44H,3-5,7,9-10,15-16,21-26,28,30-41H2,1-2H3/b8-6-,13-11-,14-12-,19-17-,20-18-,29-27-. The van der Waals surface area contributed by atoms with Gasteiger partial charge in [0.05, 0.1) is 13.2 Å². The molecule has 1 atom stereocenters. The maximum atomic E-state index is 12.2. The van der Waals surface area contributed by atoms with E-state index in [4.69, 9.17) is 9.47 Å². The van der Waals surface area contributed by atoms with Crippen LogP contribution in [0, 0.1) is 0 Å². The molecule has 0 bridgehead atoms. The van der Waals surface area contributed by atoms with Crippen molar-refractivity contribution < 1.29 is 19.4 Å². The van der Waals surface area contributed by atoms with E-state index in [0.29, 0.717) is 13.0 Å². The molecule has 47 heavy (non-hydrogen) atoms. The predicted octanol–water partition coefficient (Wildman–Crippen LogP) is 12.6. The lowest BCUT2D eigenvalue weighted by Crippen LogP contribution is -2.27. The summed E-state index contributed by atoms with van der Waals surface area (Å²) in [7, 11) is 0. The van der Waals surface area contributed by atoms with Crippen LogP contribution < -0.4 is 0 Å². The first-order chi connectivity index (χ1) is 23.2. The van der Waals surface area contributed by atoms with Crippen LogP contribution in [-0.4, -0.2) is 37.0 Å². The first kappa shape index (κ1) is 44.8. The first-order valence-corrected chi connectivity index (χ1v) is 19.5. The number of aliphatic hydroxyl groups is 1. The smallest absolute Gasteiger partial charge is 0.306 e. The molecule has 0 rings (SSSR count). The second kappa shape index (κ2) is 40.0. The quantitative estimate of drug-likeness (QED) is 0.0420. The van der Waals surface area contributed by atoms with Crippen molar-refractivity contribution in [1.29, 1.82) is 0 Å². The van der Waals surface area contributed by atoms with Gasteiger partial charge in [0.15, 0.2) is 0 Å². The van der Waals surface area contributed by atoms with Crippen molar-refractivity contribution in [2.75, 3.05) is 19.8 Å². The van der Waals surface area contributed by atoms with E-state index in [1.54, 1.807) is 0 Å². The highest BCUT2D eigenvalue weighted by Gasteiger charge is 2.13. The predicted molar refractivity (Wildman–Crippen MR) is 205 cm³/mol. The van der Waals surface area contributed by atoms with E-state index in [-0.39, 0.29) is 19.2 Å². The third-order valence-electron chi connectivity index (χ3n) is 8.02. The first-order valence-electron chi connectivity index (χ1n) is 19.5. The van der Waals surface area contributed by atoms with E-state index in [1.165, 1.54) is 77.0 Å². The van der Waals surface area contributed by atoms with E-state index >= 15 is 0 Å². The van der Waals surface area contributed by atoms with Gasteiger partial charge >= 0.3 is 5.97 Å². The summed E-state index contributed by atoms with van der Waals surface area (Å²) in [6.07, 6.45) is 53.8. The minimum absolute atomic E-state index is 0.190. The summed E-state index contributed by atoms with van der Waals surface area (Å²) in [6, 6.07) is 0. The molecule has 0 aliphatic rings. The molecule has 0 radical (unpaired) electrons. The Bertz CT molecular complexity index is 820. The molecule has 0 heterocycles. The van der Waals surface area contributed by atoms with Gasteiger partial charge < -0.3 is 14.6 Å². The van der Waals surface area contributed by atoms with Crippen LogP contribution in [-0.2, 0) is 14.3 Å². The number of aliphatic hydroxyl groups excluding tert-OH is 1. The number of carbonyl (C=O) groups excluding carboxylic acids is 1. The van der Waals surface area contributed by atoms with E-state index in [2.05, 4.69) is 86.8 Å². The SMILES string of the molecule is CC/C=C\C/C=C\C/C=C\C/C=C\CCCCCOCC(CO)OC(=O)CCCCCCCCCCC/C=C\C/C=C\CCCCC. The van der Waals surface area contributed by atoms with E-state index in [9.17, 15) is 9.90 Å². The Morgan fingerprint density at radius 3 is 1.45 bits per heavy atom. The van der Waals surface area contributed by atoms with E-state index < -0.39 is 6.10 Å². The molecule has 0 aliphatic heterocycles. The summed E-state index contributed by atoms with van der Waals surface area (Å²) in [5, 5.41) is 9.57. The zero-order valence-corrected chi connectivity index (χ0v) is 30.8. The fraction of sp³-hybridized carbons (Fsp3) is 0.698. The Labute approximate surface area is 291 Å². The van der Waals surface area contributed by atoms with Gasteiger partial charge in [-0.2, -0.15) is 0 Å². The minimum Gasteiger partial charge on any atom is -0.457 e. The van der Waals surface area contributed by atoms with Crippen molar-refractivity contribution in [3.05, 3.63) is 72.9 Å². The molecule has 0 amide bonds. The summed E-state index contributed by atoms with van der Waals surface area (Å²) >= 11 is 0. The van der Waals surface area contributed by atoms with Crippen LogP contribution in [0.2, 0.25) is 0 Å². The minimum atomic E-state index is -0.556. The highest BCUT2D eigenvalue weighted by atomic mass is 16.6. The summed E-state index contributed by atoms with van der Waals surface area (Å²) in [6.45, 7) is 5.12. The molecule has 0 saturated heterocycles. The molecule has 0 saturated carbocycles. The van der Waals surface area contributed by atoms with Gasteiger partial charge in [0.25, 0.3) is 0 Å². The van der Waals surface area contributed by atoms with Crippen LogP contribution in [0.3, 0.4) is 0 Å². The number of hydrogen-bond donors (Lipinski definition) is 1. The molecule has 4 nitrogen and oxygen atoms in total. The largest absolute Gasteiger partial charge is 0.457 e. The second-order valence-corrected chi connectivity index (χ2v) is 12.6. The lowest BCUT2D eigenvalue weighted by molar-refractivity contribution is -0.154. The molecule has 4 heteroatoms. The number of esters is 1. The van der Waals surface area contributed by atoms with E-state index in [1.807, 2.05) is 0 Å². The zero-order valence-electron chi connectivity index (χ0n) is 30.8. The molecule has 0 spiro atoms. The lowest BCUT2D eigenvalue weighted by Gasteiger charge is -2.15. The monoisotopic (exact) mass is 655 g/mol. The Balaban J connectivity index is 3.52. The van der Waals surface area contributed by atoms with E-state index in [0.717, 1.165) is 70.6 Å². The maximum absolute atomic E-state index is 12.2. The average Bonchev–Trinajstić information content (AvgIpc) is 3.08. The van der Waals surface area contributed by atoms with Crippen molar-refractivity contribution in [2.45, 2.75) is 174 Å². The topological polar surface area (TPSA) is 55.8 Å². The normalized spacial score (nSPS) is 13.2. The second-order valence-electron chi connectivity index (χ2n) is 12.6. The number of rotatable bonds is 35. The van der Waals surface area contributed by atoms with Crippen LogP contribution in [0.4, 0.5) is 0 Å². The van der Waals surface area contributed by atoms with Crippen molar-refractivity contribution in [3.8, 4) is 0 Å². The van der Waals surface area contributed by atoms with Gasteiger partial charge in [-0.25, -0.2) is 0 Å². The van der Waals surface area contributed by atoms with Crippen LogP contribution in [0.15, 0.2) is 72.9 Å². The van der Waals surface area contributed by atoms with Crippen LogP contribution in [0.5, 0.6) is 0 Å². The number of unbranched alkanes of at least 4 members (excludes halogenated alkanes) is 15. The van der Waals surface area contributed by atoms with Gasteiger partial charge in [-0.05, 0) is 83.5 Å². The summed E-state index contributed by atoms with van der Waals surface area (Å²) in [5.74, 6) is -0.220. The Morgan fingerprint density at radius 1 is 0.532 bits per heavy atom. The van der Waals surface area contributed by atoms with Crippen LogP contribution >= 0.6 is 0 Å². The molecule has 270 valence electrons. The average molecular weight is 655 g/mol. The Morgan fingerprint density at radius 2 is 0.957 bits per heavy atom. The fourth-order valence-electron chi connectivity index (χ4n) is 5.11. The van der Waals surface area contributed by atoms with Crippen LogP contribution in [0.1, 0.15) is 168 Å². The highest BCUT2D eigenvalue weighted by Crippen LogP contribution is 2.12. The number of ether oxygens (including phenoxy) is 2. The van der Waals surface area contributed by atoms with Gasteiger partial charge in [-0.15, -0.1) is 0 Å². The Kier molecular flexibility index (Phi) is 38.2. The Hall–Kier alpha value is -2.17. The van der Waals surface area contributed by atoms with Gasteiger partial charge in [0.1, 0.15) is 6.10 Å². The number of hydrogen-bond acceptors (Lipinski definition) is 4. The fourth-order valence-corrected chi connectivity index (χ4v) is 5.11. The molecule has 0 aromatic rings. The third kappa shape index (κ3) is 38.2. The van der Waals surface area contributed by atoms with Crippen molar-refractivity contribution in [2.24, 2.45) is 0 Å². The van der Waals surface area contributed by atoms with Crippen molar-refractivity contribution >= 4 is 5.97 Å². The summed E-state index contributed by atoms with van der Waals surface area (Å²) in [4.78, 5) is 12.2. The molecule has 0 aromatic carbocycles.